The normalized spacial score (nSPS) is 20.3. The number of pyridine rings is 1. The monoisotopic (exact) mass is 537 g/mol. The number of nitrogens with one attached hydrogen (secondary N) is 1. The smallest absolute Gasteiger partial charge is 0.342 e. The molecule has 0 radical (unpaired) electrons. The lowest BCUT2D eigenvalue weighted by atomic mass is 9.87. The minimum atomic E-state index is -4.76. The van der Waals surface area contributed by atoms with Gasteiger partial charge in [-0.15, -0.1) is 0 Å². The summed E-state index contributed by atoms with van der Waals surface area (Å²) >= 11 is 0. The van der Waals surface area contributed by atoms with E-state index in [1.54, 1.807) is 17.8 Å². The summed E-state index contributed by atoms with van der Waals surface area (Å²) < 4.78 is 45.4. The van der Waals surface area contributed by atoms with Gasteiger partial charge in [-0.1, -0.05) is 19.4 Å². The van der Waals surface area contributed by atoms with Crippen LogP contribution in [0.4, 0.5) is 18.9 Å². The number of benzene rings is 1. The van der Waals surface area contributed by atoms with E-state index in [0.717, 1.165) is 25.5 Å². The number of carbonyl (C=O) groups excluding carboxylic acids is 2. The largest absolute Gasteiger partial charge is 0.419 e. The van der Waals surface area contributed by atoms with Crippen LogP contribution < -0.4 is 5.32 Å². The van der Waals surface area contributed by atoms with E-state index in [2.05, 4.69) is 17.2 Å². The summed E-state index contributed by atoms with van der Waals surface area (Å²) in [5, 5.41) is 11.5. The number of aryl methyl sites for hydroxylation is 1. The van der Waals surface area contributed by atoms with Gasteiger partial charge in [-0.2, -0.15) is 18.4 Å². The second-order valence-electron chi connectivity index (χ2n) is 10.7. The summed E-state index contributed by atoms with van der Waals surface area (Å²) in [4.78, 5) is 32.1. The van der Waals surface area contributed by atoms with Crippen LogP contribution in [0.2, 0.25) is 0 Å². The lowest BCUT2D eigenvalue weighted by Gasteiger charge is -2.34. The molecule has 1 aliphatic carbocycles. The van der Waals surface area contributed by atoms with Gasteiger partial charge in [0.25, 0.3) is 5.91 Å². The zero-order chi connectivity index (χ0) is 27.9. The standard InChI is InChI=1S/C29H30F3N5O2/c1-17-5-3-8-21(17)28(39)37-11-9-19(10-12-37)22-16-36(2)26-24(22)25(29(30,31)32)23(15-34-26)35-27(38)20-7-4-6-18(13-20)14-33/h4,6-7,13,15-17,19,21H,3,5,8-12H2,1-2H3,(H,35,38)/t17-,21+/m0/s1. The predicted molar refractivity (Wildman–Crippen MR) is 140 cm³/mol. The molecular formula is C29H30F3N5O2. The second-order valence-corrected chi connectivity index (χ2v) is 10.7. The molecule has 39 heavy (non-hydrogen) atoms. The summed E-state index contributed by atoms with van der Waals surface area (Å²) in [7, 11) is 1.66. The van der Waals surface area contributed by atoms with Crippen LogP contribution in [0.15, 0.2) is 36.7 Å². The second kappa shape index (κ2) is 10.4. The first kappa shape index (κ1) is 26.7. The van der Waals surface area contributed by atoms with Crippen LogP contribution in [0.25, 0.3) is 11.0 Å². The number of hydrogen-bond acceptors (Lipinski definition) is 4. The quantitative estimate of drug-likeness (QED) is 0.452. The van der Waals surface area contributed by atoms with Crippen molar-refractivity contribution in [3.05, 3.63) is 58.9 Å². The zero-order valence-electron chi connectivity index (χ0n) is 21.9. The van der Waals surface area contributed by atoms with Gasteiger partial charge in [-0.05, 0) is 61.3 Å². The molecule has 10 heteroatoms. The molecule has 1 saturated carbocycles. The van der Waals surface area contributed by atoms with E-state index in [4.69, 9.17) is 5.26 Å². The number of likely N-dealkylation sites (tertiary alicyclic amines) is 1. The van der Waals surface area contributed by atoms with Crippen molar-refractivity contribution in [2.24, 2.45) is 18.9 Å². The maximum absolute atomic E-state index is 14.6. The van der Waals surface area contributed by atoms with Crippen molar-refractivity contribution >= 4 is 28.5 Å². The molecule has 1 saturated heterocycles. The molecule has 3 heterocycles. The van der Waals surface area contributed by atoms with Crippen LogP contribution in [0.1, 0.15) is 72.0 Å². The number of anilines is 1. The third-order valence-electron chi connectivity index (χ3n) is 8.23. The fraction of sp³-hybridized carbons (Fsp3) is 0.448. The SMILES string of the molecule is C[C@H]1CCC[C@H]1C(=O)N1CCC(c2cn(C)c3ncc(NC(=O)c4cccc(C#N)c4)c(C(F)(F)F)c23)CC1. The number of alkyl halides is 3. The van der Waals surface area contributed by atoms with Gasteiger partial charge in [0.05, 0.1) is 29.1 Å². The van der Waals surface area contributed by atoms with Gasteiger partial charge in [0.1, 0.15) is 5.65 Å². The zero-order valence-corrected chi connectivity index (χ0v) is 21.9. The number of amides is 2. The van der Waals surface area contributed by atoms with Crippen molar-refractivity contribution in [1.82, 2.24) is 14.5 Å². The minimum Gasteiger partial charge on any atom is -0.342 e. The molecule has 204 valence electrons. The number of nitrogens with zero attached hydrogens (tertiary/aromatic N) is 4. The van der Waals surface area contributed by atoms with Crippen LogP contribution in [0.5, 0.6) is 0 Å². The highest BCUT2D eigenvalue weighted by Gasteiger charge is 2.40. The van der Waals surface area contributed by atoms with Gasteiger partial charge < -0.3 is 14.8 Å². The molecule has 7 nitrogen and oxygen atoms in total. The fourth-order valence-corrected chi connectivity index (χ4v) is 6.16. The number of rotatable bonds is 4. The molecule has 3 aromatic rings. The topological polar surface area (TPSA) is 91.0 Å². The van der Waals surface area contributed by atoms with Crippen molar-refractivity contribution in [1.29, 1.82) is 5.26 Å². The Morgan fingerprint density at radius 1 is 1.15 bits per heavy atom. The third-order valence-corrected chi connectivity index (χ3v) is 8.23. The first-order chi connectivity index (χ1) is 18.6. The van der Waals surface area contributed by atoms with E-state index < -0.39 is 23.3 Å². The Labute approximate surface area is 224 Å². The molecule has 1 aliphatic heterocycles. The molecule has 2 aliphatic rings. The van der Waals surface area contributed by atoms with Crippen molar-refractivity contribution in [2.45, 2.75) is 51.1 Å². The van der Waals surface area contributed by atoms with Crippen molar-refractivity contribution < 1.29 is 22.8 Å². The number of halogens is 3. The average Bonchev–Trinajstić information content (AvgIpc) is 3.50. The van der Waals surface area contributed by atoms with Crippen LogP contribution in [-0.4, -0.2) is 39.4 Å². The maximum atomic E-state index is 14.6. The summed E-state index contributed by atoms with van der Waals surface area (Å²) in [6.07, 6.45) is 2.09. The molecule has 1 aromatic carbocycles. The van der Waals surface area contributed by atoms with E-state index >= 15 is 0 Å². The molecule has 2 atom stereocenters. The van der Waals surface area contributed by atoms with Crippen molar-refractivity contribution in [3.8, 4) is 6.07 Å². The number of piperidine rings is 1. The summed E-state index contributed by atoms with van der Waals surface area (Å²) in [5.41, 5.74) is -0.367. The Balaban J connectivity index is 1.46. The molecule has 1 N–H and O–H groups in total. The lowest BCUT2D eigenvalue weighted by Crippen LogP contribution is -2.42. The number of carbonyl (C=O) groups is 2. The summed E-state index contributed by atoms with van der Waals surface area (Å²) in [6.45, 7) is 3.12. The van der Waals surface area contributed by atoms with E-state index in [0.29, 0.717) is 37.4 Å². The Hall–Kier alpha value is -3.87. The van der Waals surface area contributed by atoms with Crippen LogP contribution in [-0.2, 0) is 18.0 Å². The van der Waals surface area contributed by atoms with Gasteiger partial charge in [-0.3, -0.25) is 9.59 Å². The minimum absolute atomic E-state index is 0.0252. The van der Waals surface area contributed by atoms with E-state index in [1.807, 2.05) is 11.0 Å². The molecule has 2 aromatic heterocycles. The molecule has 2 fully saturated rings. The Kier molecular flexibility index (Phi) is 7.10. The molecule has 0 spiro atoms. The van der Waals surface area contributed by atoms with Gasteiger partial charge >= 0.3 is 6.18 Å². The van der Waals surface area contributed by atoms with E-state index in [9.17, 15) is 22.8 Å². The molecule has 2 amide bonds. The Morgan fingerprint density at radius 3 is 2.54 bits per heavy atom. The number of aromatic nitrogens is 2. The number of nitriles is 1. The van der Waals surface area contributed by atoms with Gasteiger partial charge in [0.2, 0.25) is 5.91 Å². The first-order valence-electron chi connectivity index (χ1n) is 13.2. The maximum Gasteiger partial charge on any atom is 0.419 e. The molecular weight excluding hydrogens is 507 g/mol. The first-order valence-corrected chi connectivity index (χ1v) is 13.2. The van der Waals surface area contributed by atoms with Crippen molar-refractivity contribution in [2.75, 3.05) is 18.4 Å². The average molecular weight is 538 g/mol. The highest BCUT2D eigenvalue weighted by Crippen LogP contribution is 2.44. The fourth-order valence-electron chi connectivity index (χ4n) is 6.16. The van der Waals surface area contributed by atoms with Crippen LogP contribution in [0.3, 0.4) is 0 Å². The molecule has 0 unspecified atom stereocenters. The van der Waals surface area contributed by atoms with Gasteiger partial charge in [0.15, 0.2) is 0 Å². The molecule has 5 rings (SSSR count). The predicted octanol–water partition coefficient (Wildman–Crippen LogP) is 5.86. The van der Waals surface area contributed by atoms with Crippen molar-refractivity contribution in [3.63, 3.8) is 0 Å². The highest BCUT2D eigenvalue weighted by atomic mass is 19.4. The van der Waals surface area contributed by atoms with E-state index in [-0.39, 0.29) is 39.9 Å². The van der Waals surface area contributed by atoms with E-state index in [1.165, 1.54) is 24.3 Å². The Morgan fingerprint density at radius 2 is 1.90 bits per heavy atom. The summed E-state index contributed by atoms with van der Waals surface area (Å²) in [6, 6.07) is 7.69. The Bertz CT molecular complexity index is 1460. The van der Waals surface area contributed by atoms with Gasteiger partial charge in [0, 0.05) is 43.2 Å². The highest BCUT2D eigenvalue weighted by molar-refractivity contribution is 6.06. The number of hydrogen-bond donors (Lipinski definition) is 1. The van der Waals surface area contributed by atoms with Gasteiger partial charge in [-0.25, -0.2) is 4.98 Å². The third kappa shape index (κ3) is 5.10. The lowest BCUT2D eigenvalue weighted by molar-refractivity contribution is -0.137. The molecule has 0 bridgehead atoms. The number of fused-ring (bicyclic) bond motifs is 1. The van der Waals surface area contributed by atoms with Crippen LogP contribution in [0, 0.1) is 23.2 Å². The summed E-state index contributed by atoms with van der Waals surface area (Å²) in [5.74, 6) is -0.367. The van der Waals surface area contributed by atoms with Crippen LogP contribution >= 0.6 is 0 Å².